The van der Waals surface area contributed by atoms with Gasteiger partial charge in [0.2, 0.25) is 0 Å². The molecule has 0 spiro atoms. The molecule has 2 aromatic rings. The fraction of sp³-hybridized carbons (Fsp3) is 0.250. The van der Waals surface area contributed by atoms with Crippen LogP contribution in [0.2, 0.25) is 0 Å². The Hall–Kier alpha value is -2.43. The first-order valence-electron chi connectivity index (χ1n) is 7.42. The molecule has 2 rings (SSSR count). The normalized spacial score (nSPS) is 10.7. The van der Waals surface area contributed by atoms with Crippen LogP contribution in [0.5, 0.6) is 0 Å². The molecule has 3 N–H and O–H groups in total. The Bertz CT molecular complexity index is 873. The number of hydroxylamine groups is 1. The predicted molar refractivity (Wildman–Crippen MR) is 93.6 cm³/mol. The minimum Gasteiger partial charge on any atom is -0.394 e. The van der Waals surface area contributed by atoms with Crippen molar-refractivity contribution in [2.75, 3.05) is 24.8 Å². The molecule has 0 fully saturated rings. The average Bonchev–Trinajstić information content (AvgIpc) is 2.63. The average molecular weight is 385 g/mol. The van der Waals surface area contributed by atoms with Gasteiger partial charge in [0, 0.05) is 11.9 Å². The smallest absolute Gasteiger partial charge is 0.287 e. The van der Waals surface area contributed by atoms with E-state index in [9.17, 15) is 18.4 Å². The van der Waals surface area contributed by atoms with Crippen LogP contribution in [0.25, 0.3) is 0 Å². The van der Waals surface area contributed by atoms with Gasteiger partial charge in [-0.15, -0.1) is 11.8 Å². The van der Waals surface area contributed by atoms with Gasteiger partial charge in [0.15, 0.2) is 5.82 Å². The third-order valence-electron chi connectivity index (χ3n) is 3.40. The van der Waals surface area contributed by atoms with Crippen LogP contribution in [0.3, 0.4) is 0 Å². The summed E-state index contributed by atoms with van der Waals surface area (Å²) >= 11 is 1.35. The van der Waals surface area contributed by atoms with Gasteiger partial charge < -0.3 is 10.4 Å². The lowest BCUT2D eigenvalue weighted by molar-refractivity contribution is 0.0168. The van der Waals surface area contributed by atoms with Crippen molar-refractivity contribution in [2.45, 2.75) is 4.90 Å². The van der Waals surface area contributed by atoms with E-state index in [4.69, 9.17) is 9.94 Å². The highest BCUT2D eigenvalue weighted by molar-refractivity contribution is 7.98. The number of aliphatic hydroxyl groups is 1. The molecule has 10 heteroatoms. The zero-order valence-electron chi connectivity index (χ0n) is 14.0. The third-order valence-corrected chi connectivity index (χ3v) is 4.13. The predicted octanol–water partition coefficient (Wildman–Crippen LogP) is 1.78. The molecule has 26 heavy (non-hydrogen) atoms. The monoisotopic (exact) mass is 385 g/mol. The Kier molecular flexibility index (Phi) is 6.72. The van der Waals surface area contributed by atoms with Gasteiger partial charge in [-0.2, -0.15) is 0 Å². The van der Waals surface area contributed by atoms with Crippen LogP contribution in [-0.4, -0.2) is 35.1 Å². The fourth-order valence-electron chi connectivity index (χ4n) is 2.09. The van der Waals surface area contributed by atoms with Crippen molar-refractivity contribution < 1.29 is 23.5 Å². The number of anilines is 2. The number of aliphatic hydroxyl groups excluding tert-OH is 1. The first-order valence-corrected chi connectivity index (χ1v) is 8.64. The minimum absolute atomic E-state index is 0.00901. The Balaban J connectivity index is 2.44. The quantitative estimate of drug-likeness (QED) is 0.382. The molecule has 0 saturated carbocycles. The van der Waals surface area contributed by atoms with E-state index in [0.29, 0.717) is 4.90 Å². The second-order valence-corrected chi connectivity index (χ2v) is 5.97. The van der Waals surface area contributed by atoms with Crippen LogP contribution in [0.15, 0.2) is 34.0 Å². The molecule has 0 radical (unpaired) electrons. The molecule has 0 unspecified atom stereocenters. The lowest BCUT2D eigenvalue weighted by Gasteiger charge is -2.16. The summed E-state index contributed by atoms with van der Waals surface area (Å²) < 4.78 is 28.9. The van der Waals surface area contributed by atoms with Crippen molar-refractivity contribution in [3.63, 3.8) is 0 Å². The van der Waals surface area contributed by atoms with Gasteiger partial charge in [0.25, 0.3) is 11.5 Å². The molecule has 0 aliphatic heterocycles. The summed E-state index contributed by atoms with van der Waals surface area (Å²) in [5.41, 5.74) is 0.771. The fourth-order valence-corrected chi connectivity index (χ4v) is 2.52. The van der Waals surface area contributed by atoms with Gasteiger partial charge in [0.05, 0.1) is 24.5 Å². The molecule has 140 valence electrons. The first-order chi connectivity index (χ1) is 12.4. The number of nitrogens with zero attached hydrogens (tertiary/aromatic N) is 1. The topological polar surface area (TPSA) is 92.6 Å². The lowest BCUT2D eigenvalue weighted by atomic mass is 10.2. The number of hydrogen-bond acceptors (Lipinski definition) is 6. The Labute approximate surface area is 151 Å². The molecule has 0 bridgehead atoms. The summed E-state index contributed by atoms with van der Waals surface area (Å²) in [7, 11) is 1.24. The van der Waals surface area contributed by atoms with Crippen LogP contribution < -0.4 is 16.4 Å². The zero-order chi connectivity index (χ0) is 19.3. The molecule has 7 nitrogen and oxygen atoms in total. The Morgan fingerprint density at radius 1 is 1.31 bits per heavy atom. The SMILES string of the molecule is CSc1ccc(Nc2c(C(=O)NOCCO)cc(F)c(=O)n2C)c(F)c1. The largest absolute Gasteiger partial charge is 0.394 e. The maximum absolute atomic E-state index is 14.2. The minimum atomic E-state index is -1.15. The second-order valence-electron chi connectivity index (χ2n) is 5.09. The molecule has 1 amide bonds. The summed E-state index contributed by atoms with van der Waals surface area (Å²) in [6.07, 6.45) is 1.79. The van der Waals surface area contributed by atoms with Crippen LogP contribution >= 0.6 is 11.8 Å². The summed E-state index contributed by atoms with van der Waals surface area (Å²) in [5.74, 6) is -2.73. The Morgan fingerprint density at radius 3 is 2.65 bits per heavy atom. The van der Waals surface area contributed by atoms with Crippen molar-refractivity contribution in [1.29, 1.82) is 0 Å². The maximum atomic E-state index is 14.2. The highest BCUT2D eigenvalue weighted by atomic mass is 32.2. The van der Waals surface area contributed by atoms with Crippen molar-refractivity contribution >= 4 is 29.2 Å². The number of aromatic nitrogens is 1. The number of benzene rings is 1. The highest BCUT2D eigenvalue weighted by Crippen LogP contribution is 2.26. The molecular formula is C16H17F2N3O4S. The van der Waals surface area contributed by atoms with E-state index >= 15 is 0 Å². The zero-order valence-corrected chi connectivity index (χ0v) is 14.8. The molecule has 0 aliphatic carbocycles. The highest BCUT2D eigenvalue weighted by Gasteiger charge is 2.20. The van der Waals surface area contributed by atoms with Gasteiger partial charge in [-0.3, -0.25) is 19.0 Å². The van der Waals surface area contributed by atoms with E-state index in [1.54, 1.807) is 12.3 Å². The summed E-state index contributed by atoms with van der Waals surface area (Å²) in [4.78, 5) is 29.4. The van der Waals surface area contributed by atoms with Gasteiger partial charge in [-0.05, 0) is 30.5 Å². The number of hydrogen-bond donors (Lipinski definition) is 3. The second kappa shape index (κ2) is 8.79. The summed E-state index contributed by atoms with van der Waals surface area (Å²) in [6, 6.07) is 5.12. The lowest BCUT2D eigenvalue weighted by Crippen LogP contribution is -2.30. The van der Waals surface area contributed by atoms with Gasteiger partial charge in [0.1, 0.15) is 11.6 Å². The molecule has 0 aliphatic rings. The maximum Gasteiger partial charge on any atom is 0.287 e. The standard InChI is InChI=1S/C16H17F2N3O4S/c1-21-14(19-13-4-3-9(26-2)7-11(13)17)10(8-12(18)16(21)24)15(23)20-25-6-5-22/h3-4,7-8,19,22H,5-6H2,1-2H3,(H,20,23). The van der Waals surface area contributed by atoms with E-state index in [1.165, 1.54) is 30.9 Å². The molecule has 1 aromatic carbocycles. The van der Waals surface area contributed by atoms with E-state index in [0.717, 1.165) is 10.6 Å². The molecular weight excluding hydrogens is 368 g/mol. The number of carbonyl (C=O) groups excluding carboxylic acids is 1. The van der Waals surface area contributed by atoms with E-state index < -0.39 is 23.1 Å². The first kappa shape index (κ1) is 19.9. The van der Waals surface area contributed by atoms with Crippen LogP contribution in [-0.2, 0) is 11.9 Å². The molecule has 0 saturated heterocycles. The van der Waals surface area contributed by atoms with Gasteiger partial charge in [-0.25, -0.2) is 14.3 Å². The number of rotatable bonds is 7. The summed E-state index contributed by atoms with van der Waals surface area (Å²) in [5, 5.41) is 11.3. The van der Waals surface area contributed by atoms with E-state index in [2.05, 4.69) is 5.32 Å². The van der Waals surface area contributed by atoms with Gasteiger partial charge >= 0.3 is 0 Å². The van der Waals surface area contributed by atoms with Crippen molar-refractivity contribution in [3.05, 3.63) is 51.8 Å². The number of carbonyl (C=O) groups is 1. The number of halogens is 2. The number of thioether (sulfide) groups is 1. The molecule has 0 atom stereocenters. The molecule has 1 heterocycles. The van der Waals surface area contributed by atoms with Crippen molar-refractivity contribution in [2.24, 2.45) is 7.05 Å². The van der Waals surface area contributed by atoms with Crippen LogP contribution in [0.4, 0.5) is 20.3 Å². The number of pyridine rings is 1. The van der Waals surface area contributed by atoms with E-state index in [-0.39, 0.29) is 30.3 Å². The van der Waals surface area contributed by atoms with Crippen molar-refractivity contribution in [1.82, 2.24) is 10.0 Å². The van der Waals surface area contributed by atoms with E-state index in [1.807, 2.05) is 5.48 Å². The summed E-state index contributed by atoms with van der Waals surface area (Å²) in [6.45, 7) is -0.506. The van der Waals surface area contributed by atoms with Crippen LogP contribution in [0.1, 0.15) is 10.4 Å². The van der Waals surface area contributed by atoms with Crippen LogP contribution in [0, 0.1) is 11.6 Å². The molecule has 1 aromatic heterocycles. The van der Waals surface area contributed by atoms with Crippen molar-refractivity contribution in [3.8, 4) is 0 Å². The number of nitrogens with one attached hydrogen (secondary N) is 2. The third kappa shape index (κ3) is 4.40. The van der Waals surface area contributed by atoms with Gasteiger partial charge in [-0.1, -0.05) is 0 Å². The number of amides is 1. The Morgan fingerprint density at radius 2 is 2.04 bits per heavy atom.